The summed E-state index contributed by atoms with van der Waals surface area (Å²) in [4.78, 5) is 14.2. The van der Waals surface area contributed by atoms with Gasteiger partial charge in [0.25, 0.3) is 10.0 Å². The van der Waals surface area contributed by atoms with Crippen LogP contribution in [0.1, 0.15) is 77.6 Å². The lowest BCUT2D eigenvalue weighted by atomic mass is 10.1. The molecule has 0 spiro atoms. The van der Waals surface area contributed by atoms with Crippen LogP contribution in [0.5, 0.6) is 0 Å². The third kappa shape index (κ3) is 13.6. The van der Waals surface area contributed by atoms with E-state index in [1.807, 2.05) is 11.9 Å². The van der Waals surface area contributed by atoms with Gasteiger partial charge in [0.2, 0.25) is 5.91 Å². The van der Waals surface area contributed by atoms with Crippen molar-refractivity contribution in [2.45, 2.75) is 110 Å². The molecule has 0 saturated carbocycles. The van der Waals surface area contributed by atoms with Gasteiger partial charge in [-0.25, -0.2) is 0 Å². The van der Waals surface area contributed by atoms with Crippen molar-refractivity contribution in [3.63, 3.8) is 0 Å². The largest absolute Gasteiger partial charge is 0.422 e. The van der Waals surface area contributed by atoms with E-state index in [9.17, 15) is 4.79 Å². The molecule has 0 bridgehead atoms. The highest BCUT2D eigenvalue weighted by Crippen LogP contribution is 2.21. The fourth-order valence-electron chi connectivity index (χ4n) is 3.79. The second-order valence-corrected chi connectivity index (χ2v) is 20.9. The molecule has 1 amide bonds. The first kappa shape index (κ1) is 28.2. The number of amides is 1. The van der Waals surface area contributed by atoms with Gasteiger partial charge >= 0.3 is 26.4 Å². The Morgan fingerprint density at radius 2 is 1.50 bits per heavy atom. The summed E-state index contributed by atoms with van der Waals surface area (Å²) >= 11 is 0. The summed E-state index contributed by atoms with van der Waals surface area (Å²) in [6, 6.07) is 0.911. The van der Waals surface area contributed by atoms with Crippen LogP contribution in [0.15, 0.2) is 0 Å². The second kappa shape index (κ2) is 15.1. The smallest absolute Gasteiger partial charge is 0.313 e. The third-order valence-corrected chi connectivity index (χ3v) is 18.8. The molecule has 0 aromatic carbocycles. The van der Waals surface area contributed by atoms with Crippen molar-refractivity contribution in [2.75, 3.05) is 13.6 Å². The fraction of sp³-hybridized carbons (Fsp3) is 0.950. The summed E-state index contributed by atoms with van der Waals surface area (Å²) in [5.41, 5.74) is 0. The molecule has 0 aliphatic carbocycles. The Morgan fingerprint density at radius 3 is 2.13 bits per heavy atom. The van der Waals surface area contributed by atoms with Gasteiger partial charge in [-0.3, -0.25) is 4.79 Å². The minimum absolute atomic E-state index is 0.266. The second-order valence-electron chi connectivity index (χ2n) is 9.41. The van der Waals surface area contributed by atoms with Crippen LogP contribution < -0.4 is 0 Å². The molecule has 1 rings (SSSR count). The Bertz CT molecular complexity index is 482. The van der Waals surface area contributed by atoms with Crippen molar-refractivity contribution < 1.29 is 21.3 Å². The number of carbonyl (C=O) groups excluding carboxylic acids is 1. The molecule has 10 heteroatoms. The van der Waals surface area contributed by atoms with Crippen molar-refractivity contribution >= 4 is 42.3 Å². The first-order chi connectivity index (χ1) is 14.2. The minimum atomic E-state index is -2.19. The highest BCUT2D eigenvalue weighted by atomic mass is 28.5. The average Bonchev–Trinajstić information content (AvgIpc) is 2.63. The van der Waals surface area contributed by atoms with Crippen molar-refractivity contribution in [3.8, 4) is 0 Å². The minimum Gasteiger partial charge on any atom is -0.422 e. The fourth-order valence-corrected chi connectivity index (χ4v) is 17.6. The highest BCUT2D eigenvalue weighted by molar-refractivity contribution is 6.84. The molecule has 0 aromatic heterocycles. The van der Waals surface area contributed by atoms with Gasteiger partial charge in [-0.15, -0.1) is 0 Å². The van der Waals surface area contributed by atoms with Gasteiger partial charge in [0, 0.05) is 20.0 Å². The lowest BCUT2D eigenvalue weighted by molar-refractivity contribution is -0.130. The predicted octanol–water partition coefficient (Wildman–Crippen LogP) is 4.46. The van der Waals surface area contributed by atoms with Crippen molar-refractivity contribution in [3.05, 3.63) is 0 Å². The zero-order valence-electron chi connectivity index (χ0n) is 20.5. The van der Waals surface area contributed by atoms with Gasteiger partial charge < -0.3 is 21.4 Å². The molecule has 1 unspecified atom stereocenters. The maximum Gasteiger partial charge on any atom is 0.313 e. The van der Waals surface area contributed by atoms with Crippen molar-refractivity contribution in [2.24, 2.45) is 0 Å². The maximum atomic E-state index is 12.4. The summed E-state index contributed by atoms with van der Waals surface area (Å²) in [6.45, 7) is 11.3. The van der Waals surface area contributed by atoms with Gasteiger partial charge in [0.05, 0.1) is 0 Å². The molecular weight excluding hydrogens is 447 g/mol. The number of nitrogens with zero attached hydrogens (tertiary/aromatic N) is 1. The van der Waals surface area contributed by atoms with Gasteiger partial charge in [-0.2, -0.15) is 0 Å². The lowest BCUT2D eigenvalue weighted by Gasteiger charge is -2.38. The maximum absolute atomic E-state index is 12.4. The molecule has 1 heterocycles. The first-order valence-electron chi connectivity index (χ1n) is 12.0. The lowest BCUT2D eigenvalue weighted by Crippen LogP contribution is -2.55. The van der Waals surface area contributed by atoms with Gasteiger partial charge in [-0.05, 0) is 45.1 Å². The number of hydrogen-bond donors (Lipinski definition) is 0. The zero-order valence-corrected chi connectivity index (χ0v) is 25.0. The monoisotopic (exact) mass is 493 g/mol. The van der Waals surface area contributed by atoms with E-state index < -0.39 is 36.4 Å². The van der Waals surface area contributed by atoms with Crippen LogP contribution in [0.3, 0.4) is 0 Å². The quantitative estimate of drug-likeness (QED) is 0.264. The molecule has 1 aliphatic rings. The van der Waals surface area contributed by atoms with E-state index in [-0.39, 0.29) is 5.91 Å². The number of carbonyl (C=O) groups is 1. The normalized spacial score (nSPS) is 21.9. The Labute approximate surface area is 191 Å². The summed E-state index contributed by atoms with van der Waals surface area (Å²) in [6.07, 6.45) is 13.1. The standard InChI is InChI=1S/C20H47NO5Si4/c1-7-8-9-10-11-12-13-14-15-17-20(22)21(2)18-16-19-28-23-27-24-29(3,4)26-30(5,6)25-28/h28H,7-19,27H2,1-6H3. The van der Waals surface area contributed by atoms with Crippen molar-refractivity contribution in [1.29, 1.82) is 0 Å². The molecule has 1 aliphatic heterocycles. The van der Waals surface area contributed by atoms with Gasteiger partial charge in [0.1, 0.15) is 0 Å². The molecule has 0 N–H and O–H groups in total. The number of hydrogen-bond acceptors (Lipinski definition) is 5. The number of unbranched alkanes of at least 4 members (excludes halogenated alkanes) is 8. The molecular formula is C20H47NO5Si4. The van der Waals surface area contributed by atoms with Crippen LogP contribution >= 0.6 is 0 Å². The molecule has 1 saturated heterocycles. The molecule has 0 radical (unpaired) electrons. The Balaban J connectivity index is 2.14. The summed E-state index contributed by atoms with van der Waals surface area (Å²) in [5, 5.41) is 0. The predicted molar refractivity (Wildman–Crippen MR) is 134 cm³/mol. The van der Waals surface area contributed by atoms with Crippen LogP contribution in [-0.4, -0.2) is 60.8 Å². The van der Waals surface area contributed by atoms with E-state index in [4.69, 9.17) is 16.5 Å². The summed E-state index contributed by atoms with van der Waals surface area (Å²) in [7, 11) is -5.14. The average molecular weight is 494 g/mol. The molecule has 30 heavy (non-hydrogen) atoms. The summed E-state index contributed by atoms with van der Waals surface area (Å²) < 4.78 is 24.5. The van der Waals surface area contributed by atoms with E-state index in [1.54, 1.807) is 0 Å². The van der Waals surface area contributed by atoms with E-state index in [0.29, 0.717) is 6.42 Å². The van der Waals surface area contributed by atoms with Crippen LogP contribution in [0, 0.1) is 0 Å². The van der Waals surface area contributed by atoms with Gasteiger partial charge in [-0.1, -0.05) is 58.3 Å². The van der Waals surface area contributed by atoms with Crippen LogP contribution in [0.4, 0.5) is 0 Å². The number of rotatable bonds is 14. The van der Waals surface area contributed by atoms with E-state index in [0.717, 1.165) is 25.4 Å². The van der Waals surface area contributed by atoms with Crippen LogP contribution in [-0.2, 0) is 21.3 Å². The topological polar surface area (TPSA) is 57.2 Å². The third-order valence-electron chi connectivity index (χ3n) is 5.42. The highest BCUT2D eigenvalue weighted by Gasteiger charge is 2.40. The van der Waals surface area contributed by atoms with E-state index in [2.05, 4.69) is 33.1 Å². The van der Waals surface area contributed by atoms with Crippen molar-refractivity contribution in [1.82, 2.24) is 4.90 Å². The van der Waals surface area contributed by atoms with E-state index in [1.165, 1.54) is 51.4 Å². The Kier molecular flexibility index (Phi) is 14.2. The molecule has 178 valence electrons. The zero-order chi connectivity index (χ0) is 22.5. The Morgan fingerprint density at radius 1 is 0.900 bits per heavy atom. The van der Waals surface area contributed by atoms with E-state index >= 15 is 0 Å². The first-order valence-corrected chi connectivity index (χ1v) is 20.6. The SMILES string of the molecule is CCCCCCCCCCCC(=O)N(C)CCC[SiH]1O[SiH2]O[Si](C)(C)O[Si](C)(C)O1. The molecule has 6 nitrogen and oxygen atoms in total. The molecule has 0 aromatic rings. The molecule has 1 atom stereocenters. The Hall–Kier alpha value is 0.178. The van der Waals surface area contributed by atoms with Crippen LogP contribution in [0.2, 0.25) is 32.2 Å². The van der Waals surface area contributed by atoms with Gasteiger partial charge in [0.15, 0.2) is 0 Å². The van der Waals surface area contributed by atoms with Crippen LogP contribution in [0.25, 0.3) is 0 Å². The summed E-state index contributed by atoms with van der Waals surface area (Å²) in [5.74, 6) is 0.266. The molecule has 1 fully saturated rings.